The molecule has 7 nitrogen and oxygen atoms in total. The second-order valence-electron chi connectivity index (χ2n) is 9.25. The van der Waals surface area contributed by atoms with E-state index in [0.29, 0.717) is 22.7 Å². The minimum absolute atomic E-state index is 0.0544. The number of nitrogens with one attached hydrogen (secondary N) is 1. The lowest BCUT2D eigenvalue weighted by Gasteiger charge is -2.33. The van der Waals surface area contributed by atoms with E-state index in [1.807, 2.05) is 45.0 Å². The van der Waals surface area contributed by atoms with Gasteiger partial charge < -0.3 is 10.2 Å². The number of hydrogen-bond donors (Lipinski definition) is 1. The van der Waals surface area contributed by atoms with Crippen molar-refractivity contribution in [2.75, 3.05) is 17.9 Å². The molecule has 0 saturated carbocycles. The van der Waals surface area contributed by atoms with Gasteiger partial charge in [-0.2, -0.15) is 0 Å². The number of anilines is 1. The molecule has 0 aliphatic rings. The average Bonchev–Trinajstić information content (AvgIpc) is 2.90. The molecule has 0 fully saturated rings. The monoisotopic (exact) mass is 555 g/mol. The summed E-state index contributed by atoms with van der Waals surface area (Å²) in [5.41, 5.74) is 3.64. The summed E-state index contributed by atoms with van der Waals surface area (Å²) in [5.74, 6) is -0.823. The van der Waals surface area contributed by atoms with Gasteiger partial charge in [0.15, 0.2) is 0 Å². The zero-order chi connectivity index (χ0) is 28.0. The Morgan fingerprint density at radius 1 is 0.921 bits per heavy atom. The van der Waals surface area contributed by atoms with E-state index in [4.69, 9.17) is 11.6 Å². The minimum atomic E-state index is -4.15. The molecular weight excluding hydrogens is 522 g/mol. The molecule has 3 aromatic rings. The van der Waals surface area contributed by atoms with Gasteiger partial charge in [0.2, 0.25) is 11.8 Å². The van der Waals surface area contributed by atoms with Gasteiger partial charge in [0.05, 0.1) is 10.6 Å². The second kappa shape index (κ2) is 12.5. The van der Waals surface area contributed by atoms with Crippen molar-refractivity contribution in [3.05, 3.63) is 94.0 Å². The van der Waals surface area contributed by atoms with Crippen LogP contribution in [0.2, 0.25) is 5.02 Å². The molecule has 38 heavy (non-hydrogen) atoms. The normalized spacial score (nSPS) is 12.1. The molecule has 1 atom stereocenters. The van der Waals surface area contributed by atoms with Crippen LogP contribution in [0.1, 0.15) is 35.6 Å². The number of aryl methyl sites for hydroxylation is 2. The smallest absolute Gasteiger partial charge is 0.264 e. The molecule has 0 spiro atoms. The first-order valence-electron chi connectivity index (χ1n) is 12.4. The van der Waals surface area contributed by atoms with Crippen LogP contribution in [-0.2, 0) is 26.2 Å². The number of benzene rings is 3. The molecule has 0 saturated heterocycles. The molecular formula is C29H34ClN3O4S. The van der Waals surface area contributed by atoms with Gasteiger partial charge in [0, 0.05) is 18.6 Å². The minimum Gasteiger partial charge on any atom is -0.357 e. The van der Waals surface area contributed by atoms with Crippen molar-refractivity contribution in [3.63, 3.8) is 0 Å². The van der Waals surface area contributed by atoms with Crippen LogP contribution in [0.4, 0.5) is 5.69 Å². The van der Waals surface area contributed by atoms with Crippen LogP contribution in [0.5, 0.6) is 0 Å². The van der Waals surface area contributed by atoms with Crippen molar-refractivity contribution in [2.24, 2.45) is 0 Å². The van der Waals surface area contributed by atoms with E-state index in [9.17, 15) is 18.0 Å². The molecule has 2 amide bonds. The fourth-order valence-corrected chi connectivity index (χ4v) is 5.83. The molecule has 0 aliphatic heterocycles. The van der Waals surface area contributed by atoms with Gasteiger partial charge in [-0.05, 0) is 62.6 Å². The first-order chi connectivity index (χ1) is 18.0. The molecule has 0 unspecified atom stereocenters. The van der Waals surface area contributed by atoms with Gasteiger partial charge in [-0.1, -0.05) is 72.1 Å². The molecule has 0 aromatic heterocycles. The predicted molar refractivity (Wildman–Crippen MR) is 152 cm³/mol. The van der Waals surface area contributed by atoms with Crippen LogP contribution in [0.3, 0.4) is 0 Å². The second-order valence-corrected chi connectivity index (χ2v) is 11.5. The molecule has 0 aliphatic carbocycles. The van der Waals surface area contributed by atoms with Crippen LogP contribution in [0, 0.1) is 20.8 Å². The number of sulfonamides is 1. The highest BCUT2D eigenvalue weighted by atomic mass is 35.5. The molecule has 202 valence electrons. The lowest BCUT2D eigenvalue weighted by molar-refractivity contribution is -0.140. The van der Waals surface area contributed by atoms with Crippen molar-refractivity contribution < 1.29 is 18.0 Å². The highest BCUT2D eigenvalue weighted by Crippen LogP contribution is 2.31. The van der Waals surface area contributed by atoms with Crippen LogP contribution in [0.25, 0.3) is 0 Å². The quantitative estimate of drug-likeness (QED) is 0.381. The summed E-state index contributed by atoms with van der Waals surface area (Å²) in [6, 6.07) is 18.3. The fraction of sp³-hybridized carbons (Fsp3) is 0.310. The third kappa shape index (κ3) is 6.55. The summed E-state index contributed by atoms with van der Waals surface area (Å²) in [4.78, 5) is 28.2. The van der Waals surface area contributed by atoms with E-state index < -0.39 is 28.5 Å². The Morgan fingerprint density at radius 2 is 1.50 bits per heavy atom. The standard InChI is InChI=1S/C29H34ClN3O4S/c1-6-26(29(35)31-5)32(18-23-14-10-20(2)11-15-23)28(34)19-33(27-9-7-8-25(30)22(27)4)38(36,37)24-16-12-21(3)13-17-24/h7-17,26H,6,18-19H2,1-5H3,(H,31,35)/t26-/m1/s1. The Morgan fingerprint density at radius 3 is 2.05 bits per heavy atom. The molecule has 9 heteroatoms. The summed E-state index contributed by atoms with van der Waals surface area (Å²) >= 11 is 6.36. The molecule has 3 rings (SSSR count). The van der Waals surface area contributed by atoms with Gasteiger partial charge in [-0.15, -0.1) is 0 Å². The SMILES string of the molecule is CC[C@H](C(=O)NC)N(Cc1ccc(C)cc1)C(=O)CN(c1cccc(Cl)c1C)S(=O)(=O)c1ccc(C)cc1. The summed E-state index contributed by atoms with van der Waals surface area (Å²) in [6.07, 6.45) is 0.359. The Hall–Kier alpha value is -3.36. The highest BCUT2D eigenvalue weighted by Gasteiger charge is 2.34. The van der Waals surface area contributed by atoms with Gasteiger partial charge in [-0.25, -0.2) is 8.42 Å². The number of likely N-dealkylation sites (N-methyl/N-ethyl adjacent to an activating group) is 1. The van der Waals surface area contributed by atoms with Crippen molar-refractivity contribution in [1.82, 2.24) is 10.2 Å². The molecule has 0 bridgehead atoms. The molecule has 0 heterocycles. The highest BCUT2D eigenvalue weighted by molar-refractivity contribution is 7.92. The fourth-order valence-electron chi connectivity index (χ4n) is 4.19. The lowest BCUT2D eigenvalue weighted by Crippen LogP contribution is -2.51. The summed E-state index contributed by atoms with van der Waals surface area (Å²) < 4.78 is 28.9. The zero-order valence-corrected chi connectivity index (χ0v) is 23.9. The first kappa shape index (κ1) is 29.2. The Kier molecular flexibility index (Phi) is 9.57. The number of carbonyl (C=O) groups is 2. The van der Waals surface area contributed by atoms with E-state index in [0.717, 1.165) is 21.0 Å². The van der Waals surface area contributed by atoms with E-state index >= 15 is 0 Å². The molecule has 1 N–H and O–H groups in total. The summed E-state index contributed by atoms with van der Waals surface area (Å²) in [6.45, 7) is 7.01. The summed E-state index contributed by atoms with van der Waals surface area (Å²) in [5, 5.41) is 3.01. The van der Waals surface area contributed by atoms with Crippen LogP contribution in [0.15, 0.2) is 71.6 Å². The molecule has 0 radical (unpaired) electrons. The first-order valence-corrected chi connectivity index (χ1v) is 14.2. The third-order valence-corrected chi connectivity index (χ3v) is 8.68. The Labute approximate surface area is 230 Å². The van der Waals surface area contributed by atoms with Gasteiger partial charge in [-0.3, -0.25) is 13.9 Å². The maximum atomic E-state index is 14.0. The van der Waals surface area contributed by atoms with Crippen molar-refractivity contribution in [3.8, 4) is 0 Å². The summed E-state index contributed by atoms with van der Waals surface area (Å²) in [7, 11) is -2.63. The van der Waals surface area contributed by atoms with Crippen molar-refractivity contribution in [1.29, 1.82) is 0 Å². The number of nitrogens with zero attached hydrogens (tertiary/aromatic N) is 2. The van der Waals surface area contributed by atoms with E-state index in [1.165, 1.54) is 24.1 Å². The Bertz CT molecular complexity index is 1390. The topological polar surface area (TPSA) is 86.8 Å². The maximum Gasteiger partial charge on any atom is 0.264 e. The van der Waals surface area contributed by atoms with E-state index in [1.54, 1.807) is 37.3 Å². The number of rotatable bonds is 10. The Balaban J connectivity index is 2.10. The predicted octanol–water partition coefficient (Wildman–Crippen LogP) is 5.01. The zero-order valence-electron chi connectivity index (χ0n) is 22.4. The van der Waals surface area contributed by atoms with Gasteiger partial charge >= 0.3 is 0 Å². The van der Waals surface area contributed by atoms with Crippen molar-refractivity contribution in [2.45, 2.75) is 51.6 Å². The van der Waals surface area contributed by atoms with Crippen LogP contribution in [-0.4, -0.2) is 44.8 Å². The molecule has 3 aromatic carbocycles. The number of halogens is 1. The number of hydrogen-bond acceptors (Lipinski definition) is 4. The van der Waals surface area contributed by atoms with Crippen LogP contribution >= 0.6 is 11.6 Å². The average molecular weight is 556 g/mol. The number of amides is 2. The van der Waals surface area contributed by atoms with Crippen LogP contribution < -0.4 is 9.62 Å². The maximum absolute atomic E-state index is 14.0. The van der Waals surface area contributed by atoms with Crippen molar-refractivity contribution >= 4 is 39.1 Å². The lowest BCUT2D eigenvalue weighted by atomic mass is 10.1. The van der Waals surface area contributed by atoms with Gasteiger partial charge in [0.25, 0.3) is 10.0 Å². The van der Waals surface area contributed by atoms with E-state index in [-0.39, 0.29) is 17.3 Å². The third-order valence-electron chi connectivity index (χ3n) is 6.50. The van der Waals surface area contributed by atoms with Gasteiger partial charge in [0.1, 0.15) is 12.6 Å². The number of carbonyl (C=O) groups excluding carboxylic acids is 2. The van der Waals surface area contributed by atoms with E-state index in [2.05, 4.69) is 5.32 Å². The largest absolute Gasteiger partial charge is 0.357 e.